The highest BCUT2D eigenvalue weighted by Crippen LogP contribution is 2.40. The van der Waals surface area contributed by atoms with E-state index in [9.17, 15) is 9.18 Å². The van der Waals surface area contributed by atoms with Gasteiger partial charge in [0, 0.05) is 23.7 Å². The van der Waals surface area contributed by atoms with Crippen LogP contribution < -0.4 is 10.1 Å². The van der Waals surface area contributed by atoms with Crippen molar-refractivity contribution in [2.45, 2.75) is 26.4 Å². The summed E-state index contributed by atoms with van der Waals surface area (Å²) >= 11 is 0. The number of amides is 1. The molecule has 0 fully saturated rings. The van der Waals surface area contributed by atoms with Gasteiger partial charge < -0.3 is 14.5 Å². The Hall–Kier alpha value is -3.22. The van der Waals surface area contributed by atoms with E-state index in [4.69, 9.17) is 9.15 Å². The fraction of sp³-hybridized carbons (Fsp3) is 0.250. The third-order valence-corrected chi connectivity index (χ3v) is 4.52. The molecule has 27 heavy (non-hydrogen) atoms. The predicted molar refractivity (Wildman–Crippen MR) is 96.1 cm³/mol. The first-order valence-electron chi connectivity index (χ1n) is 8.62. The van der Waals surface area contributed by atoms with Crippen LogP contribution in [0.3, 0.4) is 0 Å². The molecule has 138 valence electrons. The van der Waals surface area contributed by atoms with Crippen molar-refractivity contribution >= 4 is 5.91 Å². The topological polar surface area (TPSA) is 77.2 Å². The van der Waals surface area contributed by atoms with Crippen LogP contribution in [0, 0.1) is 19.7 Å². The van der Waals surface area contributed by atoms with Gasteiger partial charge in [-0.1, -0.05) is 0 Å². The summed E-state index contributed by atoms with van der Waals surface area (Å²) in [6.45, 7) is 3.97. The van der Waals surface area contributed by atoms with E-state index >= 15 is 0 Å². The van der Waals surface area contributed by atoms with Crippen LogP contribution in [0.2, 0.25) is 0 Å². The smallest absolute Gasteiger partial charge is 0.254 e. The summed E-state index contributed by atoms with van der Waals surface area (Å²) in [5.41, 5.74) is 3.84. The molecule has 1 aromatic carbocycles. The molecular weight excluding hydrogens is 349 g/mol. The number of furan rings is 1. The summed E-state index contributed by atoms with van der Waals surface area (Å²) in [4.78, 5) is 20.9. The normalized spacial score (nSPS) is 15.3. The van der Waals surface area contributed by atoms with Crippen molar-refractivity contribution in [2.75, 3.05) is 6.54 Å². The minimum atomic E-state index is -0.357. The second kappa shape index (κ2) is 6.83. The molecule has 0 unspecified atom stereocenters. The summed E-state index contributed by atoms with van der Waals surface area (Å²) in [5, 5.41) is 2.79. The molecule has 0 spiro atoms. The average molecular weight is 367 g/mol. The molecule has 1 amide bonds. The minimum absolute atomic E-state index is 0.260. The zero-order chi connectivity index (χ0) is 19.0. The summed E-state index contributed by atoms with van der Waals surface area (Å²) in [6.07, 6.45) is 4.52. The van der Waals surface area contributed by atoms with Crippen LogP contribution in [0.25, 0.3) is 11.3 Å². The Morgan fingerprint density at radius 1 is 1.33 bits per heavy atom. The highest BCUT2D eigenvalue weighted by Gasteiger charge is 2.30. The molecule has 3 aromatic rings. The lowest BCUT2D eigenvalue weighted by molar-refractivity contribution is 0.0933. The van der Waals surface area contributed by atoms with Crippen LogP contribution in [0.1, 0.15) is 27.3 Å². The van der Waals surface area contributed by atoms with Crippen molar-refractivity contribution < 1.29 is 18.3 Å². The lowest BCUT2D eigenvalue weighted by atomic mass is 10.0. The van der Waals surface area contributed by atoms with E-state index in [1.165, 1.54) is 18.6 Å². The first-order valence-corrected chi connectivity index (χ1v) is 8.62. The second-order valence-corrected chi connectivity index (χ2v) is 6.51. The van der Waals surface area contributed by atoms with Gasteiger partial charge in [-0.3, -0.25) is 9.78 Å². The fourth-order valence-corrected chi connectivity index (χ4v) is 3.16. The Morgan fingerprint density at radius 2 is 2.19 bits per heavy atom. The molecule has 0 aliphatic carbocycles. The molecule has 6 nitrogen and oxygen atoms in total. The molecule has 1 aliphatic heterocycles. The molecule has 3 heterocycles. The Labute approximate surface area is 155 Å². The maximum absolute atomic E-state index is 14.3. The average Bonchev–Trinajstić information content (AvgIpc) is 3.32. The van der Waals surface area contributed by atoms with Crippen molar-refractivity contribution in [2.24, 2.45) is 0 Å². The van der Waals surface area contributed by atoms with E-state index in [-0.39, 0.29) is 24.4 Å². The van der Waals surface area contributed by atoms with Crippen molar-refractivity contribution in [3.8, 4) is 17.0 Å². The van der Waals surface area contributed by atoms with Crippen LogP contribution in [-0.4, -0.2) is 28.5 Å². The van der Waals surface area contributed by atoms with Gasteiger partial charge in [-0.25, -0.2) is 9.37 Å². The molecule has 1 N–H and O–H groups in total. The number of aryl methyl sites for hydroxylation is 2. The van der Waals surface area contributed by atoms with Crippen LogP contribution in [0.5, 0.6) is 5.75 Å². The van der Waals surface area contributed by atoms with Crippen molar-refractivity contribution in [1.29, 1.82) is 0 Å². The summed E-state index contributed by atoms with van der Waals surface area (Å²) < 4.78 is 25.2. The van der Waals surface area contributed by atoms with E-state index in [2.05, 4.69) is 15.3 Å². The number of hydrogen-bond acceptors (Lipinski definition) is 5. The largest absolute Gasteiger partial charge is 0.487 e. The number of nitrogens with one attached hydrogen (secondary N) is 1. The Kier molecular flexibility index (Phi) is 4.35. The molecule has 1 aliphatic rings. The number of rotatable bonds is 4. The SMILES string of the molecule is Cc1cnc(C)c(-c2ccc(F)c3c2O[C@H](CNC(=O)c2ccoc2)C3)n1. The van der Waals surface area contributed by atoms with Crippen molar-refractivity contribution in [1.82, 2.24) is 15.3 Å². The molecule has 4 rings (SSSR count). The number of ether oxygens (including phenoxy) is 1. The van der Waals surface area contributed by atoms with Gasteiger partial charge in [0.15, 0.2) is 0 Å². The molecule has 0 saturated heterocycles. The Bertz CT molecular complexity index is 1000. The first-order chi connectivity index (χ1) is 13.0. The lowest BCUT2D eigenvalue weighted by Crippen LogP contribution is -2.34. The third-order valence-electron chi connectivity index (χ3n) is 4.52. The van der Waals surface area contributed by atoms with Gasteiger partial charge in [-0.05, 0) is 32.0 Å². The van der Waals surface area contributed by atoms with Crippen molar-refractivity contribution in [3.05, 3.63) is 65.3 Å². The number of hydrogen-bond donors (Lipinski definition) is 1. The molecule has 0 saturated carbocycles. The zero-order valence-corrected chi connectivity index (χ0v) is 15.0. The van der Waals surface area contributed by atoms with Gasteiger partial charge >= 0.3 is 0 Å². The minimum Gasteiger partial charge on any atom is -0.487 e. The monoisotopic (exact) mass is 367 g/mol. The number of halogens is 1. The number of fused-ring (bicyclic) bond motifs is 1. The van der Waals surface area contributed by atoms with E-state index in [1.807, 2.05) is 13.8 Å². The quantitative estimate of drug-likeness (QED) is 0.766. The van der Waals surface area contributed by atoms with E-state index in [0.717, 1.165) is 11.4 Å². The molecule has 1 atom stereocenters. The maximum Gasteiger partial charge on any atom is 0.254 e. The maximum atomic E-state index is 14.3. The van der Waals surface area contributed by atoms with Gasteiger partial charge in [-0.15, -0.1) is 0 Å². The highest BCUT2D eigenvalue weighted by molar-refractivity contribution is 5.93. The number of nitrogens with zero attached hydrogens (tertiary/aromatic N) is 2. The van der Waals surface area contributed by atoms with Gasteiger partial charge in [-0.2, -0.15) is 0 Å². The number of benzene rings is 1. The van der Waals surface area contributed by atoms with Crippen LogP contribution in [0.4, 0.5) is 4.39 Å². The Balaban J connectivity index is 1.57. The van der Waals surface area contributed by atoms with Crippen LogP contribution in [-0.2, 0) is 6.42 Å². The second-order valence-electron chi connectivity index (χ2n) is 6.51. The summed E-state index contributed by atoms with van der Waals surface area (Å²) in [5.74, 6) is -0.111. The van der Waals surface area contributed by atoms with E-state index < -0.39 is 0 Å². The highest BCUT2D eigenvalue weighted by atomic mass is 19.1. The molecule has 0 radical (unpaired) electrons. The third kappa shape index (κ3) is 3.28. The molecule has 7 heteroatoms. The van der Waals surface area contributed by atoms with Gasteiger partial charge in [0.25, 0.3) is 5.91 Å². The molecule has 0 bridgehead atoms. The lowest BCUT2D eigenvalue weighted by Gasteiger charge is -2.14. The van der Waals surface area contributed by atoms with Gasteiger partial charge in [0.1, 0.15) is 23.9 Å². The van der Waals surface area contributed by atoms with Crippen LogP contribution >= 0.6 is 0 Å². The van der Waals surface area contributed by atoms with Gasteiger partial charge in [0.05, 0.1) is 35.5 Å². The fourth-order valence-electron chi connectivity index (χ4n) is 3.16. The molecule has 2 aromatic heterocycles. The summed E-state index contributed by atoms with van der Waals surface area (Å²) in [6, 6.07) is 4.67. The molecular formula is C20H18FN3O3. The Morgan fingerprint density at radius 3 is 2.96 bits per heavy atom. The number of carbonyl (C=O) groups excluding carboxylic acids is 1. The van der Waals surface area contributed by atoms with Crippen molar-refractivity contribution in [3.63, 3.8) is 0 Å². The predicted octanol–water partition coefficient (Wildman–Crippen LogP) is 3.23. The summed E-state index contributed by atoms with van der Waals surface area (Å²) in [7, 11) is 0. The number of carbonyl (C=O) groups is 1. The van der Waals surface area contributed by atoms with Gasteiger partial charge in [0.2, 0.25) is 0 Å². The number of aromatic nitrogens is 2. The zero-order valence-electron chi connectivity index (χ0n) is 15.0. The van der Waals surface area contributed by atoms with E-state index in [1.54, 1.807) is 18.3 Å². The standard InChI is InChI=1S/C20H18FN3O3/c1-11-8-22-12(2)18(24-11)15-3-4-17(21)16-7-14(27-19(15)16)9-23-20(25)13-5-6-26-10-13/h3-6,8,10,14H,7,9H2,1-2H3,(H,23,25)/t14-/m0/s1. The first kappa shape index (κ1) is 17.2. The van der Waals surface area contributed by atoms with Crippen LogP contribution in [0.15, 0.2) is 41.3 Å². The van der Waals surface area contributed by atoms with E-state index in [0.29, 0.717) is 34.6 Å².